The number of carbonyl (C=O) groups is 3. The Morgan fingerprint density at radius 2 is 0.909 bits per heavy atom. The number of allylic oxidation sites excluding steroid dienone is 2. The van der Waals surface area contributed by atoms with Gasteiger partial charge < -0.3 is 23.8 Å². The average Bonchev–Trinajstić information content (AvgIpc) is 3.14. The number of ether oxygens (including phenoxy) is 3. The van der Waals surface area contributed by atoms with E-state index in [-0.39, 0.29) is 36.2 Å². The van der Waals surface area contributed by atoms with Crippen molar-refractivity contribution >= 4 is 17.9 Å². The van der Waals surface area contributed by atoms with Crippen molar-refractivity contribution in [2.24, 2.45) is 0 Å². The zero-order valence-corrected chi connectivity index (χ0v) is 36.9. The number of likely N-dealkylation sites (N-methyl/N-ethyl adjacent to an activating group) is 1. The Hall–Kier alpha value is -1.93. The summed E-state index contributed by atoms with van der Waals surface area (Å²) in [7, 11) is 5.53. The predicted octanol–water partition coefficient (Wildman–Crippen LogP) is 12.7. The third-order valence-corrected chi connectivity index (χ3v) is 10.7. The molecule has 324 valence electrons. The highest BCUT2D eigenvalue weighted by atomic mass is 16.6. The molecule has 0 aromatic heterocycles. The maximum Gasteiger partial charge on any atom is 0.362 e. The van der Waals surface area contributed by atoms with Crippen LogP contribution in [-0.4, -0.2) is 80.6 Å². The summed E-state index contributed by atoms with van der Waals surface area (Å²) in [5, 5.41) is 9.62. The van der Waals surface area contributed by atoms with Gasteiger partial charge in [-0.3, -0.25) is 9.59 Å². The third kappa shape index (κ3) is 37.4. The molecule has 0 saturated heterocycles. The summed E-state index contributed by atoms with van der Waals surface area (Å²) >= 11 is 0. The van der Waals surface area contributed by atoms with Crippen LogP contribution in [0.25, 0.3) is 0 Å². The van der Waals surface area contributed by atoms with Crippen LogP contribution in [0.4, 0.5) is 0 Å². The lowest BCUT2D eigenvalue weighted by molar-refractivity contribution is -0.887. The topological polar surface area (TPSA) is 99.1 Å². The van der Waals surface area contributed by atoms with Crippen LogP contribution in [0.5, 0.6) is 0 Å². The number of hydrogen-bond acceptors (Lipinski definition) is 6. The number of aliphatic carboxylic acids is 1. The number of carboxylic acids is 1. The largest absolute Gasteiger partial charge is 0.477 e. The van der Waals surface area contributed by atoms with E-state index in [4.69, 9.17) is 14.2 Å². The van der Waals surface area contributed by atoms with Gasteiger partial charge in [0.25, 0.3) is 0 Å². The van der Waals surface area contributed by atoms with E-state index in [0.717, 1.165) is 51.4 Å². The minimum Gasteiger partial charge on any atom is -0.477 e. The van der Waals surface area contributed by atoms with E-state index in [1.807, 2.05) is 21.1 Å². The van der Waals surface area contributed by atoms with Gasteiger partial charge in [-0.05, 0) is 38.5 Å². The summed E-state index contributed by atoms with van der Waals surface area (Å²) < 4.78 is 17.3. The number of carbonyl (C=O) groups excluding carboxylic acids is 2. The van der Waals surface area contributed by atoms with E-state index < -0.39 is 18.1 Å². The Bertz CT molecular complexity index is 915. The molecular weight excluding hydrogens is 691 g/mol. The highest BCUT2D eigenvalue weighted by Crippen LogP contribution is 2.16. The normalized spacial score (nSPS) is 13.0. The fraction of sp³-hybridized carbons (Fsp3) is 0.894. The monoisotopic (exact) mass is 781 g/mol. The molecule has 8 nitrogen and oxygen atoms in total. The maximum absolute atomic E-state index is 12.7. The lowest BCUT2D eigenvalue weighted by Crippen LogP contribution is -2.50. The van der Waals surface area contributed by atoms with E-state index in [1.165, 1.54) is 135 Å². The fourth-order valence-electron chi connectivity index (χ4n) is 7.03. The molecule has 0 aromatic rings. The number of esters is 2. The zero-order valence-electron chi connectivity index (χ0n) is 36.9. The Balaban J connectivity index is 4.23. The van der Waals surface area contributed by atoms with Gasteiger partial charge in [0.1, 0.15) is 6.61 Å². The van der Waals surface area contributed by atoms with Gasteiger partial charge in [0, 0.05) is 19.3 Å². The molecule has 0 aromatic carbocycles. The van der Waals surface area contributed by atoms with Gasteiger partial charge in [0.05, 0.1) is 34.4 Å². The molecule has 0 fully saturated rings. The Kier molecular flexibility index (Phi) is 37.6. The molecule has 1 N–H and O–H groups in total. The molecule has 0 spiro atoms. The SMILES string of the molecule is CCCCC/C=C/CCCCCCCC(=O)OC(COCCC(C(=O)O)[N+](C)(C)C)COC(=O)CCCCCCCCCCCCCCCCCCCCC. The van der Waals surface area contributed by atoms with Gasteiger partial charge in [-0.15, -0.1) is 0 Å². The molecular formula is C47H90NO7+. The number of unbranched alkanes of at least 4 members (excludes halogenated alkanes) is 26. The van der Waals surface area contributed by atoms with Crippen molar-refractivity contribution in [1.82, 2.24) is 0 Å². The second kappa shape index (κ2) is 38.9. The van der Waals surface area contributed by atoms with Crippen LogP contribution in [0.2, 0.25) is 0 Å². The molecule has 8 heteroatoms. The van der Waals surface area contributed by atoms with Gasteiger partial charge in [-0.25, -0.2) is 4.79 Å². The molecule has 2 atom stereocenters. The average molecular weight is 781 g/mol. The molecule has 0 aliphatic rings. The van der Waals surface area contributed by atoms with Crippen molar-refractivity contribution in [2.75, 3.05) is 41.0 Å². The lowest BCUT2D eigenvalue weighted by atomic mass is 10.0. The highest BCUT2D eigenvalue weighted by Gasteiger charge is 2.31. The molecule has 0 bridgehead atoms. The first-order chi connectivity index (χ1) is 26.6. The number of hydrogen-bond donors (Lipinski definition) is 1. The summed E-state index contributed by atoms with van der Waals surface area (Å²) in [6, 6.07) is -0.611. The number of quaternary nitrogens is 1. The van der Waals surface area contributed by atoms with Crippen LogP contribution >= 0.6 is 0 Å². The van der Waals surface area contributed by atoms with Crippen LogP contribution in [-0.2, 0) is 28.6 Å². The maximum atomic E-state index is 12.7. The summed E-state index contributed by atoms with van der Waals surface area (Å²) in [6.45, 7) is 4.73. The van der Waals surface area contributed by atoms with Gasteiger partial charge >= 0.3 is 17.9 Å². The quantitative estimate of drug-likeness (QED) is 0.0285. The molecule has 0 amide bonds. The van der Waals surface area contributed by atoms with E-state index >= 15 is 0 Å². The summed E-state index contributed by atoms with van der Waals surface area (Å²) in [5.41, 5.74) is 0. The summed E-state index contributed by atoms with van der Waals surface area (Å²) in [4.78, 5) is 37.0. The molecule has 0 radical (unpaired) electrons. The summed E-state index contributed by atoms with van der Waals surface area (Å²) in [5.74, 6) is -1.46. The zero-order chi connectivity index (χ0) is 40.7. The van der Waals surface area contributed by atoms with Gasteiger partial charge in [0.2, 0.25) is 0 Å². The van der Waals surface area contributed by atoms with Crippen LogP contribution in [0, 0.1) is 0 Å². The van der Waals surface area contributed by atoms with Crippen LogP contribution in [0.1, 0.15) is 219 Å². The van der Waals surface area contributed by atoms with E-state index in [0.29, 0.717) is 19.3 Å². The minimum absolute atomic E-state index is 0.0483. The van der Waals surface area contributed by atoms with E-state index in [2.05, 4.69) is 26.0 Å². The predicted molar refractivity (Wildman–Crippen MR) is 229 cm³/mol. The van der Waals surface area contributed by atoms with Crippen LogP contribution in [0.15, 0.2) is 12.2 Å². The molecule has 55 heavy (non-hydrogen) atoms. The van der Waals surface area contributed by atoms with Crippen molar-refractivity contribution in [3.05, 3.63) is 12.2 Å². The molecule has 0 rings (SSSR count). The number of rotatable bonds is 42. The Morgan fingerprint density at radius 1 is 0.527 bits per heavy atom. The van der Waals surface area contributed by atoms with Gasteiger partial charge in [-0.2, -0.15) is 0 Å². The van der Waals surface area contributed by atoms with Crippen molar-refractivity contribution in [3.8, 4) is 0 Å². The number of nitrogens with zero attached hydrogens (tertiary/aromatic N) is 1. The molecule has 0 saturated carbocycles. The molecule has 2 unspecified atom stereocenters. The second-order valence-corrected chi connectivity index (χ2v) is 17.0. The van der Waals surface area contributed by atoms with Crippen LogP contribution < -0.4 is 0 Å². The smallest absolute Gasteiger partial charge is 0.362 e. The molecule has 0 heterocycles. The van der Waals surface area contributed by atoms with Crippen molar-refractivity contribution in [3.63, 3.8) is 0 Å². The number of carboxylic acid groups (broad SMARTS) is 1. The fourth-order valence-corrected chi connectivity index (χ4v) is 7.03. The Morgan fingerprint density at radius 3 is 1.35 bits per heavy atom. The van der Waals surface area contributed by atoms with E-state index in [9.17, 15) is 19.5 Å². The van der Waals surface area contributed by atoms with Gasteiger partial charge in [-0.1, -0.05) is 174 Å². The summed E-state index contributed by atoms with van der Waals surface area (Å²) in [6.07, 6.45) is 41.1. The first-order valence-corrected chi connectivity index (χ1v) is 23.2. The first kappa shape index (κ1) is 53.1. The molecule has 0 aliphatic heterocycles. The van der Waals surface area contributed by atoms with Gasteiger partial charge in [0.15, 0.2) is 12.1 Å². The van der Waals surface area contributed by atoms with Crippen molar-refractivity contribution < 1.29 is 38.2 Å². The van der Waals surface area contributed by atoms with Crippen LogP contribution in [0.3, 0.4) is 0 Å². The second-order valence-electron chi connectivity index (χ2n) is 17.0. The van der Waals surface area contributed by atoms with Crippen molar-refractivity contribution in [1.29, 1.82) is 0 Å². The third-order valence-electron chi connectivity index (χ3n) is 10.7. The first-order valence-electron chi connectivity index (χ1n) is 23.2. The molecule has 0 aliphatic carbocycles. The lowest BCUT2D eigenvalue weighted by Gasteiger charge is -2.31. The highest BCUT2D eigenvalue weighted by molar-refractivity contribution is 5.72. The Labute approximate surface area is 339 Å². The standard InChI is InChI=1S/C47H89NO7/c1-6-8-10-12-14-16-18-20-21-22-23-24-25-26-28-29-31-33-35-37-45(49)54-42-43(41-53-40-39-44(47(51)52)48(3,4)5)55-46(50)38-36-34-32-30-27-19-17-15-13-11-9-7-2/h15,17,43-44H,6-14,16,18-42H2,1-5H3/p+1/b17-15+. The van der Waals surface area contributed by atoms with E-state index in [1.54, 1.807) is 0 Å². The minimum atomic E-state index is -0.873. The van der Waals surface area contributed by atoms with Crippen molar-refractivity contribution in [2.45, 2.75) is 231 Å².